The predicted molar refractivity (Wildman–Crippen MR) is 68.2 cm³/mol. The summed E-state index contributed by atoms with van der Waals surface area (Å²) in [6, 6.07) is 9.38. The number of nitrogens with one attached hydrogen (secondary N) is 1. The Hall–Kier alpha value is -1.49. The van der Waals surface area contributed by atoms with E-state index in [4.69, 9.17) is 5.11 Å². The van der Waals surface area contributed by atoms with Crippen LogP contribution in [0.2, 0.25) is 0 Å². The largest absolute Gasteiger partial charge is 0.480 e. The molecule has 0 unspecified atom stereocenters. The molecule has 1 atom stereocenters. The lowest BCUT2D eigenvalue weighted by Crippen LogP contribution is -2.29. The Balaban J connectivity index is 2.25. The highest BCUT2D eigenvalue weighted by molar-refractivity contribution is 7.81. The second-order valence-corrected chi connectivity index (χ2v) is 4.28. The molecule has 0 saturated carbocycles. The first-order chi connectivity index (χ1) is 8.09. The Morgan fingerprint density at radius 2 is 1.94 bits per heavy atom. The average Bonchev–Trinajstić information content (AvgIpc) is 2.30. The molecular weight excluding hydrogens is 238 g/mol. The number of carbonyl (C=O) groups is 2. The molecule has 92 valence electrons. The highest BCUT2D eigenvalue weighted by Crippen LogP contribution is 2.01. The van der Waals surface area contributed by atoms with Crippen LogP contribution in [-0.2, 0) is 16.0 Å². The molecule has 5 heteroatoms. The SMILES string of the molecule is O=C(Cc1ccccc1)NCC[C@H](S)C(=O)O. The first kappa shape index (κ1) is 13.6. The fourth-order valence-electron chi connectivity index (χ4n) is 1.32. The summed E-state index contributed by atoms with van der Waals surface area (Å²) in [5.41, 5.74) is 0.936. The summed E-state index contributed by atoms with van der Waals surface area (Å²) in [5, 5.41) is 10.5. The molecule has 1 aromatic carbocycles. The Morgan fingerprint density at radius 1 is 1.29 bits per heavy atom. The van der Waals surface area contributed by atoms with Crippen LogP contribution in [0.5, 0.6) is 0 Å². The van der Waals surface area contributed by atoms with Gasteiger partial charge in [0.1, 0.15) is 5.25 Å². The lowest BCUT2D eigenvalue weighted by molar-refractivity contribution is -0.136. The van der Waals surface area contributed by atoms with Gasteiger partial charge in [-0.2, -0.15) is 12.6 Å². The van der Waals surface area contributed by atoms with Gasteiger partial charge in [0, 0.05) is 6.54 Å². The zero-order valence-electron chi connectivity index (χ0n) is 9.30. The van der Waals surface area contributed by atoms with E-state index in [2.05, 4.69) is 17.9 Å². The quantitative estimate of drug-likeness (QED) is 0.666. The van der Waals surface area contributed by atoms with Crippen molar-refractivity contribution in [3.05, 3.63) is 35.9 Å². The number of rotatable bonds is 6. The Labute approximate surface area is 105 Å². The number of amides is 1. The fourth-order valence-corrected chi connectivity index (χ4v) is 1.44. The molecule has 0 spiro atoms. The second kappa shape index (κ2) is 6.96. The van der Waals surface area contributed by atoms with Crippen LogP contribution in [0, 0.1) is 0 Å². The van der Waals surface area contributed by atoms with Crippen molar-refractivity contribution < 1.29 is 14.7 Å². The Bertz CT molecular complexity index is 381. The van der Waals surface area contributed by atoms with Crippen LogP contribution in [0.4, 0.5) is 0 Å². The van der Waals surface area contributed by atoms with E-state index in [1.54, 1.807) is 0 Å². The molecule has 1 aromatic rings. The lowest BCUT2D eigenvalue weighted by Gasteiger charge is -2.07. The molecule has 2 N–H and O–H groups in total. The third-order valence-corrected chi connectivity index (χ3v) is 2.71. The number of benzene rings is 1. The average molecular weight is 253 g/mol. The van der Waals surface area contributed by atoms with Crippen molar-refractivity contribution in [1.82, 2.24) is 5.32 Å². The van der Waals surface area contributed by atoms with E-state index in [1.165, 1.54) is 0 Å². The molecule has 0 aliphatic rings. The van der Waals surface area contributed by atoms with E-state index >= 15 is 0 Å². The maximum atomic E-state index is 11.5. The standard InChI is InChI=1S/C12H15NO3S/c14-11(8-9-4-2-1-3-5-9)13-7-6-10(17)12(15)16/h1-5,10,17H,6-8H2,(H,13,14)(H,15,16)/t10-/m0/s1. The summed E-state index contributed by atoms with van der Waals surface area (Å²) >= 11 is 3.88. The van der Waals surface area contributed by atoms with Gasteiger partial charge in [-0.15, -0.1) is 0 Å². The third kappa shape index (κ3) is 5.40. The molecule has 1 rings (SSSR count). The lowest BCUT2D eigenvalue weighted by atomic mass is 10.1. The minimum atomic E-state index is -0.967. The highest BCUT2D eigenvalue weighted by Gasteiger charge is 2.11. The van der Waals surface area contributed by atoms with Gasteiger partial charge in [-0.3, -0.25) is 9.59 Å². The molecule has 0 fully saturated rings. The summed E-state index contributed by atoms with van der Waals surface area (Å²) in [7, 11) is 0. The summed E-state index contributed by atoms with van der Waals surface area (Å²) in [6.45, 7) is 0.326. The van der Waals surface area contributed by atoms with Crippen LogP contribution >= 0.6 is 12.6 Å². The number of carbonyl (C=O) groups excluding carboxylic acids is 1. The van der Waals surface area contributed by atoms with Crippen molar-refractivity contribution in [1.29, 1.82) is 0 Å². The van der Waals surface area contributed by atoms with Crippen molar-refractivity contribution in [2.24, 2.45) is 0 Å². The van der Waals surface area contributed by atoms with Crippen molar-refractivity contribution in [3.63, 3.8) is 0 Å². The van der Waals surface area contributed by atoms with Crippen LogP contribution in [0.3, 0.4) is 0 Å². The Morgan fingerprint density at radius 3 is 2.53 bits per heavy atom. The number of hydrogen-bond acceptors (Lipinski definition) is 3. The van der Waals surface area contributed by atoms with Crippen LogP contribution in [-0.4, -0.2) is 28.8 Å². The summed E-state index contributed by atoms with van der Waals surface area (Å²) in [5.74, 6) is -1.08. The van der Waals surface area contributed by atoms with Crippen molar-refractivity contribution in [3.8, 4) is 0 Å². The number of aliphatic carboxylic acids is 1. The van der Waals surface area contributed by atoms with E-state index in [0.29, 0.717) is 19.4 Å². The van der Waals surface area contributed by atoms with Crippen LogP contribution < -0.4 is 5.32 Å². The van der Waals surface area contributed by atoms with Gasteiger partial charge in [-0.1, -0.05) is 30.3 Å². The van der Waals surface area contributed by atoms with Gasteiger partial charge in [-0.05, 0) is 12.0 Å². The highest BCUT2D eigenvalue weighted by atomic mass is 32.1. The second-order valence-electron chi connectivity index (χ2n) is 3.66. The maximum Gasteiger partial charge on any atom is 0.316 e. The zero-order chi connectivity index (χ0) is 12.7. The van der Waals surface area contributed by atoms with Gasteiger partial charge >= 0.3 is 5.97 Å². The smallest absolute Gasteiger partial charge is 0.316 e. The van der Waals surface area contributed by atoms with E-state index in [1.807, 2.05) is 30.3 Å². The van der Waals surface area contributed by atoms with Crippen molar-refractivity contribution in [2.45, 2.75) is 18.1 Å². The molecule has 0 aliphatic carbocycles. The van der Waals surface area contributed by atoms with Crippen LogP contribution in [0.15, 0.2) is 30.3 Å². The third-order valence-electron chi connectivity index (χ3n) is 2.23. The van der Waals surface area contributed by atoms with Crippen molar-refractivity contribution in [2.75, 3.05) is 6.54 Å². The normalized spacial score (nSPS) is 11.8. The Kier molecular flexibility index (Phi) is 5.56. The molecule has 0 aromatic heterocycles. The van der Waals surface area contributed by atoms with E-state index in [9.17, 15) is 9.59 Å². The minimum absolute atomic E-state index is 0.109. The number of carboxylic acid groups (broad SMARTS) is 1. The minimum Gasteiger partial charge on any atom is -0.480 e. The summed E-state index contributed by atoms with van der Waals surface area (Å²) in [6.07, 6.45) is 0.629. The topological polar surface area (TPSA) is 66.4 Å². The van der Waals surface area contributed by atoms with Gasteiger partial charge in [0.05, 0.1) is 6.42 Å². The predicted octanol–water partition coefficient (Wildman–Crippen LogP) is 1.12. The molecular formula is C12H15NO3S. The molecule has 0 aliphatic heterocycles. The van der Waals surface area contributed by atoms with E-state index < -0.39 is 11.2 Å². The van der Waals surface area contributed by atoms with Gasteiger partial charge in [0.2, 0.25) is 5.91 Å². The molecule has 0 bridgehead atoms. The van der Waals surface area contributed by atoms with Gasteiger partial charge in [-0.25, -0.2) is 0 Å². The molecule has 4 nitrogen and oxygen atoms in total. The molecule has 1 amide bonds. The van der Waals surface area contributed by atoms with Crippen molar-refractivity contribution >= 4 is 24.5 Å². The molecule has 17 heavy (non-hydrogen) atoms. The van der Waals surface area contributed by atoms with E-state index in [-0.39, 0.29) is 5.91 Å². The number of thiol groups is 1. The number of hydrogen-bond donors (Lipinski definition) is 3. The zero-order valence-corrected chi connectivity index (χ0v) is 10.2. The van der Waals surface area contributed by atoms with Crippen LogP contribution in [0.25, 0.3) is 0 Å². The maximum absolute atomic E-state index is 11.5. The first-order valence-corrected chi connectivity index (χ1v) is 5.82. The summed E-state index contributed by atoms with van der Waals surface area (Å²) in [4.78, 5) is 22.0. The molecule has 0 radical (unpaired) electrons. The van der Waals surface area contributed by atoms with Gasteiger partial charge < -0.3 is 10.4 Å². The monoisotopic (exact) mass is 253 g/mol. The van der Waals surface area contributed by atoms with Crippen LogP contribution in [0.1, 0.15) is 12.0 Å². The first-order valence-electron chi connectivity index (χ1n) is 5.31. The van der Waals surface area contributed by atoms with Gasteiger partial charge in [0.15, 0.2) is 0 Å². The fraction of sp³-hybridized carbons (Fsp3) is 0.333. The molecule has 0 saturated heterocycles. The number of carboxylic acids is 1. The molecule has 0 heterocycles. The summed E-state index contributed by atoms with van der Waals surface area (Å²) < 4.78 is 0. The van der Waals surface area contributed by atoms with E-state index in [0.717, 1.165) is 5.56 Å². The van der Waals surface area contributed by atoms with Gasteiger partial charge in [0.25, 0.3) is 0 Å².